The van der Waals surface area contributed by atoms with E-state index in [1.807, 2.05) is 48.9 Å². The van der Waals surface area contributed by atoms with E-state index in [1.165, 1.54) is 7.11 Å². The molecule has 5 aromatic rings. The highest BCUT2D eigenvalue weighted by atomic mass is 16.5. The third-order valence-corrected chi connectivity index (χ3v) is 6.09. The second-order valence-electron chi connectivity index (χ2n) is 8.22. The maximum atomic E-state index is 11.9. The van der Waals surface area contributed by atoms with E-state index in [0.717, 1.165) is 50.4 Å². The van der Waals surface area contributed by atoms with Crippen molar-refractivity contribution in [2.75, 3.05) is 7.11 Å². The smallest absolute Gasteiger partial charge is 0.337 e. The molecule has 0 amide bonds. The minimum absolute atomic E-state index is 0.0910. The minimum atomic E-state index is -0.366. The summed E-state index contributed by atoms with van der Waals surface area (Å²) >= 11 is 0. The normalized spacial score (nSPS) is 12.1. The number of hydrogen-bond donors (Lipinski definition) is 0. The maximum Gasteiger partial charge on any atom is 0.337 e. The van der Waals surface area contributed by atoms with E-state index in [1.54, 1.807) is 18.3 Å². The number of aromatic nitrogens is 4. The van der Waals surface area contributed by atoms with Gasteiger partial charge in [0.15, 0.2) is 0 Å². The molecule has 2 aromatic carbocycles. The van der Waals surface area contributed by atoms with Crippen LogP contribution in [-0.4, -0.2) is 33.0 Å². The number of rotatable bonds is 5. The molecule has 5 rings (SSSR count). The summed E-state index contributed by atoms with van der Waals surface area (Å²) in [4.78, 5) is 16.4. The third kappa shape index (κ3) is 3.65. The Morgan fingerprint density at radius 1 is 1.03 bits per heavy atom. The van der Waals surface area contributed by atoms with E-state index in [4.69, 9.17) is 14.4 Å². The average Bonchev–Trinajstić information content (AvgIpc) is 3.42. The first kappa shape index (κ1) is 21.6. The lowest BCUT2D eigenvalue weighted by molar-refractivity contribution is 0.0600. The number of pyridine rings is 1. The van der Waals surface area contributed by atoms with Crippen LogP contribution in [0.4, 0.5) is 0 Å². The van der Waals surface area contributed by atoms with Gasteiger partial charge < -0.3 is 9.26 Å². The Bertz CT molecular complexity index is 1460. The van der Waals surface area contributed by atoms with Gasteiger partial charge in [0.1, 0.15) is 11.5 Å². The molecule has 0 N–H and O–H groups in total. The van der Waals surface area contributed by atoms with Crippen molar-refractivity contribution in [1.82, 2.24) is 19.9 Å². The van der Waals surface area contributed by atoms with Crippen molar-refractivity contribution in [3.8, 4) is 22.4 Å². The van der Waals surface area contributed by atoms with E-state index in [9.17, 15) is 4.79 Å². The van der Waals surface area contributed by atoms with Gasteiger partial charge in [-0.15, -0.1) is 0 Å². The summed E-state index contributed by atoms with van der Waals surface area (Å²) in [5.74, 6) is 0.411. The van der Waals surface area contributed by atoms with E-state index >= 15 is 0 Å². The molecule has 0 aliphatic carbocycles. The average molecular weight is 453 g/mol. The number of carbonyl (C=O) groups is 1. The van der Waals surface area contributed by atoms with Gasteiger partial charge >= 0.3 is 5.97 Å². The lowest BCUT2D eigenvalue weighted by atomic mass is 10.0. The second-order valence-corrected chi connectivity index (χ2v) is 8.22. The fourth-order valence-corrected chi connectivity index (χ4v) is 4.33. The molecule has 0 spiro atoms. The van der Waals surface area contributed by atoms with Crippen LogP contribution in [0.15, 0.2) is 71.4 Å². The van der Waals surface area contributed by atoms with E-state index in [2.05, 4.69) is 35.3 Å². The van der Waals surface area contributed by atoms with Crippen molar-refractivity contribution in [2.24, 2.45) is 0 Å². The van der Waals surface area contributed by atoms with Crippen LogP contribution in [0, 0.1) is 13.8 Å². The van der Waals surface area contributed by atoms with Gasteiger partial charge in [0.2, 0.25) is 0 Å². The Morgan fingerprint density at radius 3 is 2.44 bits per heavy atom. The van der Waals surface area contributed by atoms with Crippen LogP contribution in [0.1, 0.15) is 40.5 Å². The number of ether oxygens (including phenoxy) is 1. The zero-order valence-electron chi connectivity index (χ0n) is 19.4. The highest BCUT2D eigenvalue weighted by molar-refractivity contribution is 5.97. The molecule has 0 fully saturated rings. The first-order valence-electron chi connectivity index (χ1n) is 11.0. The van der Waals surface area contributed by atoms with Crippen molar-refractivity contribution in [3.63, 3.8) is 0 Å². The van der Waals surface area contributed by atoms with Gasteiger partial charge in [-0.25, -0.2) is 4.79 Å². The predicted octanol–water partition coefficient (Wildman–Crippen LogP) is 5.77. The lowest BCUT2D eigenvalue weighted by Gasteiger charge is -2.13. The number of carbonyl (C=O) groups excluding carboxylic acids is 1. The number of hydrogen-bond acceptors (Lipinski definition) is 6. The summed E-state index contributed by atoms with van der Waals surface area (Å²) in [6.45, 7) is 5.95. The number of aryl methyl sites for hydroxylation is 2. The maximum absolute atomic E-state index is 11.9. The molecule has 1 atom stereocenters. The molecule has 7 nitrogen and oxygen atoms in total. The number of fused-ring (bicyclic) bond motifs is 1. The molecule has 3 heterocycles. The molecule has 3 aromatic heterocycles. The van der Waals surface area contributed by atoms with Gasteiger partial charge in [0.25, 0.3) is 0 Å². The van der Waals surface area contributed by atoms with Crippen LogP contribution < -0.4 is 0 Å². The van der Waals surface area contributed by atoms with Gasteiger partial charge in [-0.2, -0.15) is 5.10 Å². The van der Waals surface area contributed by atoms with Crippen molar-refractivity contribution in [2.45, 2.75) is 26.8 Å². The zero-order valence-corrected chi connectivity index (χ0v) is 19.4. The topological polar surface area (TPSA) is 83.0 Å². The molecule has 0 saturated heterocycles. The first-order valence-corrected chi connectivity index (χ1v) is 11.0. The number of nitrogens with zero attached hydrogens (tertiary/aromatic N) is 4. The molecular formula is C27H24N4O3. The summed E-state index contributed by atoms with van der Waals surface area (Å²) in [7, 11) is 1.38. The third-order valence-electron chi connectivity index (χ3n) is 6.09. The molecule has 34 heavy (non-hydrogen) atoms. The Kier molecular flexibility index (Phi) is 5.45. The number of benzene rings is 2. The first-order chi connectivity index (χ1) is 16.5. The number of esters is 1. The van der Waals surface area contributed by atoms with Crippen molar-refractivity contribution in [1.29, 1.82) is 0 Å². The summed E-state index contributed by atoms with van der Waals surface area (Å²) in [5, 5.41) is 10.1. The van der Waals surface area contributed by atoms with Gasteiger partial charge in [-0.1, -0.05) is 29.4 Å². The van der Waals surface area contributed by atoms with Crippen LogP contribution >= 0.6 is 0 Å². The molecular weight excluding hydrogens is 428 g/mol. The van der Waals surface area contributed by atoms with E-state index < -0.39 is 0 Å². The molecule has 170 valence electrons. The monoisotopic (exact) mass is 452 g/mol. The van der Waals surface area contributed by atoms with Crippen molar-refractivity contribution >= 4 is 16.9 Å². The van der Waals surface area contributed by atoms with Gasteiger partial charge in [-0.05, 0) is 62.7 Å². The highest BCUT2D eigenvalue weighted by Crippen LogP contribution is 2.35. The van der Waals surface area contributed by atoms with Crippen molar-refractivity contribution in [3.05, 3.63) is 89.6 Å². The largest absolute Gasteiger partial charge is 0.465 e. The Morgan fingerprint density at radius 2 is 1.79 bits per heavy atom. The fraction of sp³-hybridized carbons (Fsp3) is 0.185. The molecule has 0 saturated carbocycles. The van der Waals surface area contributed by atoms with Crippen molar-refractivity contribution < 1.29 is 14.1 Å². The number of methoxy groups -OCH3 is 1. The predicted molar refractivity (Wildman–Crippen MR) is 130 cm³/mol. The highest BCUT2D eigenvalue weighted by Gasteiger charge is 2.20. The standard InChI is InChI=1S/C27H24N4O3/c1-16-25(18(3)34-30-16)21-12-13-22-24(15-21)31(17(2)23-7-5-6-14-28-23)29-26(22)19-8-10-20(11-9-19)27(32)33-4/h5-15,17H,1-4H3/t17-/m0/s1. The van der Waals surface area contributed by atoms with Gasteiger partial charge in [0.05, 0.1) is 35.6 Å². The summed E-state index contributed by atoms with van der Waals surface area (Å²) in [6.07, 6.45) is 1.79. The molecule has 0 radical (unpaired) electrons. The fourth-order valence-electron chi connectivity index (χ4n) is 4.33. The SMILES string of the molecule is COC(=O)c1ccc(-c2nn([C@@H](C)c3ccccn3)c3cc(-c4c(C)noc4C)ccc23)cc1. The summed E-state index contributed by atoms with van der Waals surface area (Å²) < 4.78 is 12.2. The quantitative estimate of drug-likeness (QED) is 0.315. The van der Waals surface area contributed by atoms with Gasteiger partial charge in [-0.3, -0.25) is 9.67 Å². The van der Waals surface area contributed by atoms with E-state index in [-0.39, 0.29) is 12.0 Å². The van der Waals surface area contributed by atoms with Gasteiger partial charge in [0, 0.05) is 22.7 Å². The Balaban J connectivity index is 1.70. The molecule has 0 unspecified atom stereocenters. The molecule has 0 aliphatic heterocycles. The lowest BCUT2D eigenvalue weighted by Crippen LogP contribution is -2.10. The zero-order chi connectivity index (χ0) is 23.8. The van der Waals surface area contributed by atoms with Crippen LogP contribution in [0.2, 0.25) is 0 Å². The molecule has 7 heteroatoms. The van der Waals surface area contributed by atoms with Crippen LogP contribution in [0.25, 0.3) is 33.3 Å². The molecule has 0 aliphatic rings. The second kappa shape index (κ2) is 8.59. The summed E-state index contributed by atoms with van der Waals surface area (Å²) in [5.41, 5.74) is 6.99. The van der Waals surface area contributed by atoms with Crippen LogP contribution in [-0.2, 0) is 4.74 Å². The van der Waals surface area contributed by atoms with E-state index in [0.29, 0.717) is 5.56 Å². The van der Waals surface area contributed by atoms with Crippen LogP contribution in [0.3, 0.4) is 0 Å². The molecule has 0 bridgehead atoms. The Hall–Kier alpha value is -4.26. The summed E-state index contributed by atoms with van der Waals surface area (Å²) in [6, 6.07) is 19.4. The Labute approximate surface area is 197 Å². The van der Waals surface area contributed by atoms with Crippen LogP contribution in [0.5, 0.6) is 0 Å². The minimum Gasteiger partial charge on any atom is -0.465 e.